The monoisotopic (exact) mass is 208 g/mol. The van der Waals surface area contributed by atoms with E-state index in [2.05, 4.69) is 29.2 Å². The second kappa shape index (κ2) is 4.75. The molecule has 0 aliphatic carbocycles. The van der Waals surface area contributed by atoms with Crippen LogP contribution in [-0.2, 0) is 13.0 Å². The lowest BCUT2D eigenvalue weighted by Crippen LogP contribution is -2.43. The standard InChI is InChI=1S/C11H20N4/c1-3-9(4-2)14-10-5-6-11-12-8-13-15(11)7-10/h8-10,14H,3-7H2,1-2H3. The molecule has 1 aliphatic heterocycles. The Kier molecular flexibility index (Phi) is 3.36. The molecule has 0 fully saturated rings. The van der Waals surface area contributed by atoms with E-state index in [1.165, 1.54) is 19.3 Å². The Morgan fingerprint density at radius 3 is 3.07 bits per heavy atom. The van der Waals surface area contributed by atoms with Crippen molar-refractivity contribution in [2.45, 2.75) is 58.2 Å². The van der Waals surface area contributed by atoms with Crippen LogP contribution in [0.3, 0.4) is 0 Å². The Balaban J connectivity index is 1.92. The van der Waals surface area contributed by atoms with Crippen LogP contribution in [0.2, 0.25) is 0 Å². The minimum atomic E-state index is 0.573. The van der Waals surface area contributed by atoms with Crippen molar-refractivity contribution in [3.8, 4) is 0 Å². The lowest BCUT2D eigenvalue weighted by Gasteiger charge is -2.27. The molecule has 84 valence electrons. The number of hydrogen-bond donors (Lipinski definition) is 1. The lowest BCUT2D eigenvalue weighted by atomic mass is 10.0. The molecule has 2 rings (SSSR count). The maximum absolute atomic E-state index is 4.23. The number of aromatic nitrogens is 3. The van der Waals surface area contributed by atoms with Crippen molar-refractivity contribution in [1.82, 2.24) is 20.1 Å². The molecule has 1 atom stereocenters. The van der Waals surface area contributed by atoms with Crippen LogP contribution >= 0.6 is 0 Å². The van der Waals surface area contributed by atoms with Crippen molar-refractivity contribution in [3.63, 3.8) is 0 Å². The molecule has 2 heterocycles. The first-order valence-electron chi connectivity index (χ1n) is 5.96. The Bertz CT molecular complexity index is 303. The molecule has 1 aromatic rings. The highest BCUT2D eigenvalue weighted by Gasteiger charge is 2.20. The number of aryl methyl sites for hydroxylation is 1. The smallest absolute Gasteiger partial charge is 0.138 e. The van der Waals surface area contributed by atoms with Gasteiger partial charge in [0, 0.05) is 18.5 Å². The maximum Gasteiger partial charge on any atom is 0.138 e. The van der Waals surface area contributed by atoms with E-state index in [0.717, 1.165) is 18.8 Å². The van der Waals surface area contributed by atoms with Crippen molar-refractivity contribution in [2.75, 3.05) is 0 Å². The topological polar surface area (TPSA) is 42.7 Å². The Morgan fingerprint density at radius 1 is 1.53 bits per heavy atom. The summed E-state index contributed by atoms with van der Waals surface area (Å²) in [7, 11) is 0. The SMILES string of the molecule is CCC(CC)NC1CCc2ncnn2C1. The minimum absolute atomic E-state index is 0.573. The Morgan fingerprint density at radius 2 is 2.33 bits per heavy atom. The molecule has 0 radical (unpaired) electrons. The molecular formula is C11H20N4. The third-order valence-electron chi connectivity index (χ3n) is 3.26. The summed E-state index contributed by atoms with van der Waals surface area (Å²) in [5.41, 5.74) is 0. The zero-order valence-electron chi connectivity index (χ0n) is 9.61. The summed E-state index contributed by atoms with van der Waals surface area (Å²) in [6.07, 6.45) is 6.32. The third-order valence-corrected chi connectivity index (χ3v) is 3.26. The second-order valence-electron chi connectivity index (χ2n) is 4.27. The highest BCUT2D eigenvalue weighted by atomic mass is 15.3. The number of nitrogens with zero attached hydrogens (tertiary/aromatic N) is 3. The van der Waals surface area contributed by atoms with Gasteiger partial charge in [-0.25, -0.2) is 9.67 Å². The molecule has 4 nitrogen and oxygen atoms in total. The van der Waals surface area contributed by atoms with Gasteiger partial charge in [0.15, 0.2) is 0 Å². The summed E-state index contributed by atoms with van der Waals surface area (Å²) in [5.74, 6) is 1.14. The summed E-state index contributed by atoms with van der Waals surface area (Å²) in [5, 5.41) is 7.93. The van der Waals surface area contributed by atoms with Crippen molar-refractivity contribution in [1.29, 1.82) is 0 Å². The third kappa shape index (κ3) is 2.37. The van der Waals surface area contributed by atoms with E-state index in [4.69, 9.17) is 0 Å². The van der Waals surface area contributed by atoms with Gasteiger partial charge >= 0.3 is 0 Å². The zero-order valence-corrected chi connectivity index (χ0v) is 9.61. The average molecular weight is 208 g/mol. The molecule has 0 bridgehead atoms. The van der Waals surface area contributed by atoms with E-state index in [-0.39, 0.29) is 0 Å². The van der Waals surface area contributed by atoms with Crippen LogP contribution in [0, 0.1) is 0 Å². The van der Waals surface area contributed by atoms with E-state index in [1.54, 1.807) is 6.33 Å². The molecule has 1 aromatic heterocycles. The number of rotatable bonds is 4. The summed E-state index contributed by atoms with van der Waals surface area (Å²) in [6.45, 7) is 5.46. The van der Waals surface area contributed by atoms with Gasteiger partial charge in [0.25, 0.3) is 0 Å². The van der Waals surface area contributed by atoms with Gasteiger partial charge in [0.2, 0.25) is 0 Å². The highest BCUT2D eigenvalue weighted by Crippen LogP contribution is 2.12. The predicted molar refractivity (Wildman–Crippen MR) is 59.6 cm³/mol. The average Bonchev–Trinajstić information content (AvgIpc) is 2.73. The van der Waals surface area contributed by atoms with Crippen molar-refractivity contribution < 1.29 is 0 Å². The van der Waals surface area contributed by atoms with Gasteiger partial charge in [0.05, 0.1) is 6.54 Å². The quantitative estimate of drug-likeness (QED) is 0.812. The lowest BCUT2D eigenvalue weighted by molar-refractivity contribution is 0.317. The second-order valence-corrected chi connectivity index (χ2v) is 4.27. The summed E-state index contributed by atoms with van der Waals surface area (Å²) in [6, 6.07) is 1.23. The zero-order chi connectivity index (χ0) is 10.7. The van der Waals surface area contributed by atoms with Gasteiger partial charge in [-0.1, -0.05) is 13.8 Å². The van der Waals surface area contributed by atoms with Crippen molar-refractivity contribution in [2.24, 2.45) is 0 Å². The molecule has 0 saturated heterocycles. The first kappa shape index (κ1) is 10.6. The van der Waals surface area contributed by atoms with Gasteiger partial charge in [-0.15, -0.1) is 0 Å². The number of fused-ring (bicyclic) bond motifs is 1. The van der Waals surface area contributed by atoms with Crippen LogP contribution in [0.1, 0.15) is 38.9 Å². The van der Waals surface area contributed by atoms with Gasteiger partial charge in [-0.05, 0) is 19.3 Å². The first-order valence-corrected chi connectivity index (χ1v) is 5.96. The minimum Gasteiger partial charge on any atom is -0.309 e. The molecular weight excluding hydrogens is 188 g/mol. The van der Waals surface area contributed by atoms with Crippen LogP contribution in [0.4, 0.5) is 0 Å². The van der Waals surface area contributed by atoms with Crippen LogP contribution in [0.15, 0.2) is 6.33 Å². The number of nitrogens with one attached hydrogen (secondary N) is 1. The molecule has 0 amide bonds. The summed E-state index contributed by atoms with van der Waals surface area (Å²) >= 11 is 0. The Labute approximate surface area is 91.1 Å². The normalized spacial score (nSPS) is 20.6. The summed E-state index contributed by atoms with van der Waals surface area (Å²) in [4.78, 5) is 4.23. The molecule has 4 heteroatoms. The van der Waals surface area contributed by atoms with Crippen LogP contribution in [-0.4, -0.2) is 26.8 Å². The van der Waals surface area contributed by atoms with Gasteiger partial charge in [-0.2, -0.15) is 5.10 Å². The van der Waals surface area contributed by atoms with Gasteiger partial charge in [0.1, 0.15) is 12.2 Å². The fourth-order valence-electron chi connectivity index (χ4n) is 2.23. The van der Waals surface area contributed by atoms with E-state index in [1.807, 2.05) is 4.68 Å². The fraction of sp³-hybridized carbons (Fsp3) is 0.818. The number of hydrogen-bond acceptors (Lipinski definition) is 3. The van der Waals surface area contributed by atoms with Crippen molar-refractivity contribution >= 4 is 0 Å². The molecule has 0 saturated carbocycles. The van der Waals surface area contributed by atoms with Crippen LogP contribution < -0.4 is 5.32 Å². The van der Waals surface area contributed by atoms with E-state index in [0.29, 0.717) is 12.1 Å². The first-order chi connectivity index (χ1) is 7.33. The molecule has 1 aliphatic rings. The van der Waals surface area contributed by atoms with Gasteiger partial charge in [-0.3, -0.25) is 0 Å². The molecule has 1 unspecified atom stereocenters. The molecule has 1 N–H and O–H groups in total. The van der Waals surface area contributed by atoms with Gasteiger partial charge < -0.3 is 5.32 Å². The van der Waals surface area contributed by atoms with E-state index in [9.17, 15) is 0 Å². The fourth-order valence-corrected chi connectivity index (χ4v) is 2.23. The Hall–Kier alpha value is -0.900. The van der Waals surface area contributed by atoms with E-state index < -0.39 is 0 Å². The molecule has 15 heavy (non-hydrogen) atoms. The van der Waals surface area contributed by atoms with Crippen LogP contribution in [0.5, 0.6) is 0 Å². The molecule has 0 spiro atoms. The maximum atomic E-state index is 4.23. The highest BCUT2D eigenvalue weighted by molar-refractivity contribution is 4.92. The van der Waals surface area contributed by atoms with Crippen LogP contribution in [0.25, 0.3) is 0 Å². The summed E-state index contributed by atoms with van der Waals surface area (Å²) < 4.78 is 2.03. The van der Waals surface area contributed by atoms with Crippen molar-refractivity contribution in [3.05, 3.63) is 12.2 Å². The van der Waals surface area contributed by atoms with E-state index >= 15 is 0 Å². The predicted octanol–water partition coefficient (Wildman–Crippen LogP) is 1.37. The largest absolute Gasteiger partial charge is 0.309 e. The molecule has 0 aromatic carbocycles.